The zero-order valence-corrected chi connectivity index (χ0v) is 21.9. The van der Waals surface area contributed by atoms with Gasteiger partial charge in [-0.15, -0.1) is 0 Å². The maximum Gasteiger partial charge on any atom is 0.146 e. The molecule has 1 aromatic heterocycles. The number of pyridine rings is 1. The first-order valence-corrected chi connectivity index (χ1v) is 12.6. The average molecular weight is 518 g/mol. The summed E-state index contributed by atoms with van der Waals surface area (Å²) in [7, 11) is 1.55. The molecule has 6 heteroatoms. The zero-order valence-electron chi connectivity index (χ0n) is 21.1. The van der Waals surface area contributed by atoms with Gasteiger partial charge in [0.05, 0.1) is 23.9 Å². The molecule has 0 aliphatic carbocycles. The van der Waals surface area contributed by atoms with Gasteiger partial charge in [-0.1, -0.05) is 72.3 Å². The number of fused-ring (bicyclic) bond motifs is 1. The lowest BCUT2D eigenvalue weighted by molar-refractivity contribution is -0.0980. The second-order valence-electron chi connectivity index (χ2n) is 9.32. The highest BCUT2D eigenvalue weighted by molar-refractivity contribution is 6.31. The number of aromatic nitrogens is 1. The third-order valence-electron chi connectivity index (χ3n) is 6.29. The Morgan fingerprint density at radius 1 is 1.00 bits per heavy atom. The smallest absolute Gasteiger partial charge is 0.146 e. The Morgan fingerprint density at radius 2 is 1.81 bits per heavy atom. The van der Waals surface area contributed by atoms with Crippen molar-refractivity contribution in [1.82, 2.24) is 4.98 Å². The number of aryl methyl sites for hydroxylation is 1. The molecule has 0 aliphatic heterocycles. The maximum absolute atomic E-state index is 11.0. The van der Waals surface area contributed by atoms with Crippen LogP contribution in [0.25, 0.3) is 23.1 Å². The van der Waals surface area contributed by atoms with Gasteiger partial charge < -0.3 is 19.7 Å². The molecule has 0 fully saturated rings. The fraction of sp³-hybridized carbons (Fsp3) is 0.258. The molecule has 37 heavy (non-hydrogen) atoms. The number of ether oxygens (including phenoxy) is 2. The van der Waals surface area contributed by atoms with Crippen LogP contribution in [0.1, 0.15) is 47.4 Å². The summed E-state index contributed by atoms with van der Waals surface area (Å²) in [6.07, 6.45) is 4.43. The first-order chi connectivity index (χ1) is 17.9. The van der Waals surface area contributed by atoms with E-state index in [0.29, 0.717) is 17.9 Å². The van der Waals surface area contributed by atoms with Crippen LogP contribution in [-0.4, -0.2) is 35.7 Å². The Balaban J connectivity index is 1.43. The van der Waals surface area contributed by atoms with E-state index in [1.54, 1.807) is 14.0 Å². The standard InChI is InChI=1S/C31H32ClNO4/c1-31(35,20-37-21-36-2)28-9-4-3-7-23(28)13-17-30(34)25-8-5-6-22(18-25)10-15-27-16-12-24-11-14-26(32)19-29(24)33-27/h3-12,14-16,18-19,30,34-35H,13,17,20-21H2,1-2H3/b15-10+/t30-,31+/m0/s1. The molecule has 2 atom stereocenters. The summed E-state index contributed by atoms with van der Waals surface area (Å²) in [5.74, 6) is 0. The molecule has 0 saturated heterocycles. The Kier molecular flexibility index (Phi) is 9.09. The van der Waals surface area contributed by atoms with Crippen LogP contribution in [0.3, 0.4) is 0 Å². The van der Waals surface area contributed by atoms with Crippen molar-refractivity contribution in [1.29, 1.82) is 0 Å². The predicted molar refractivity (Wildman–Crippen MR) is 149 cm³/mol. The summed E-state index contributed by atoms with van der Waals surface area (Å²) in [5.41, 5.74) is 4.11. The van der Waals surface area contributed by atoms with E-state index in [9.17, 15) is 10.2 Å². The first-order valence-electron chi connectivity index (χ1n) is 12.3. The molecular weight excluding hydrogens is 486 g/mol. The Hall–Kier alpha value is -3.06. The molecule has 192 valence electrons. The third kappa shape index (κ3) is 7.25. The monoisotopic (exact) mass is 517 g/mol. The number of benzene rings is 3. The van der Waals surface area contributed by atoms with Crippen LogP contribution in [0.5, 0.6) is 0 Å². The number of aliphatic hydroxyl groups excluding tert-OH is 1. The van der Waals surface area contributed by atoms with Crippen LogP contribution in [0.15, 0.2) is 78.9 Å². The summed E-state index contributed by atoms with van der Waals surface area (Å²) in [6, 6.07) is 25.2. The molecule has 2 N–H and O–H groups in total. The van der Waals surface area contributed by atoms with Gasteiger partial charge in [0.2, 0.25) is 0 Å². The number of methoxy groups -OCH3 is 1. The van der Waals surface area contributed by atoms with Crippen molar-refractivity contribution in [3.8, 4) is 0 Å². The highest BCUT2D eigenvalue weighted by Crippen LogP contribution is 2.28. The SMILES string of the molecule is COCOC[C@@](C)(O)c1ccccc1CC[C@H](O)c1cccc(/C=C/c2ccc3ccc(Cl)cc3n2)c1. The van der Waals surface area contributed by atoms with E-state index in [-0.39, 0.29) is 13.4 Å². The van der Waals surface area contributed by atoms with Crippen LogP contribution in [0.4, 0.5) is 0 Å². The van der Waals surface area contributed by atoms with Crippen molar-refractivity contribution < 1.29 is 19.7 Å². The van der Waals surface area contributed by atoms with Gasteiger partial charge in [0.15, 0.2) is 0 Å². The molecule has 0 bridgehead atoms. The minimum absolute atomic E-state index is 0.118. The van der Waals surface area contributed by atoms with E-state index in [0.717, 1.165) is 38.9 Å². The zero-order chi connectivity index (χ0) is 26.3. The van der Waals surface area contributed by atoms with Gasteiger partial charge in [-0.05, 0) is 72.4 Å². The van der Waals surface area contributed by atoms with Crippen molar-refractivity contribution in [3.05, 3.63) is 112 Å². The molecule has 1 heterocycles. The van der Waals surface area contributed by atoms with Gasteiger partial charge in [0.25, 0.3) is 0 Å². The summed E-state index contributed by atoms with van der Waals surface area (Å²) >= 11 is 6.11. The van der Waals surface area contributed by atoms with E-state index in [2.05, 4.69) is 4.98 Å². The fourth-order valence-corrected chi connectivity index (χ4v) is 4.54. The quantitative estimate of drug-likeness (QED) is 0.174. The number of hydrogen-bond donors (Lipinski definition) is 2. The lowest BCUT2D eigenvalue weighted by atomic mass is 9.89. The summed E-state index contributed by atoms with van der Waals surface area (Å²) in [5, 5.41) is 23.6. The molecule has 0 radical (unpaired) electrons. The highest BCUT2D eigenvalue weighted by atomic mass is 35.5. The summed E-state index contributed by atoms with van der Waals surface area (Å²) in [6.45, 7) is 1.97. The molecule has 0 spiro atoms. The van der Waals surface area contributed by atoms with Gasteiger partial charge in [0, 0.05) is 17.5 Å². The second-order valence-corrected chi connectivity index (χ2v) is 9.75. The molecule has 0 aliphatic rings. The van der Waals surface area contributed by atoms with E-state index in [1.165, 1.54) is 0 Å². The van der Waals surface area contributed by atoms with Crippen LogP contribution in [0.2, 0.25) is 5.02 Å². The Morgan fingerprint density at radius 3 is 2.65 bits per heavy atom. The maximum atomic E-state index is 11.0. The lowest BCUT2D eigenvalue weighted by Crippen LogP contribution is -2.29. The highest BCUT2D eigenvalue weighted by Gasteiger charge is 2.26. The fourth-order valence-electron chi connectivity index (χ4n) is 4.37. The average Bonchev–Trinajstić information content (AvgIpc) is 2.90. The third-order valence-corrected chi connectivity index (χ3v) is 6.52. The van der Waals surface area contributed by atoms with Crippen molar-refractivity contribution in [3.63, 3.8) is 0 Å². The van der Waals surface area contributed by atoms with Gasteiger partial charge in [0.1, 0.15) is 12.4 Å². The van der Waals surface area contributed by atoms with E-state index >= 15 is 0 Å². The number of aliphatic hydroxyl groups is 2. The largest absolute Gasteiger partial charge is 0.388 e. The number of hydrogen-bond acceptors (Lipinski definition) is 5. The molecule has 4 aromatic rings. The van der Waals surface area contributed by atoms with Gasteiger partial charge in [-0.2, -0.15) is 0 Å². The summed E-state index contributed by atoms with van der Waals surface area (Å²) in [4.78, 5) is 4.67. The van der Waals surface area contributed by atoms with Gasteiger partial charge in [-0.3, -0.25) is 0 Å². The van der Waals surface area contributed by atoms with Gasteiger partial charge >= 0.3 is 0 Å². The van der Waals surface area contributed by atoms with Crippen LogP contribution >= 0.6 is 11.6 Å². The Labute approximate surface area is 223 Å². The first kappa shape index (κ1) is 27.0. The lowest BCUT2D eigenvalue weighted by Gasteiger charge is -2.26. The predicted octanol–water partition coefficient (Wildman–Crippen LogP) is 6.55. The topological polar surface area (TPSA) is 71.8 Å². The van der Waals surface area contributed by atoms with Crippen molar-refractivity contribution in [2.24, 2.45) is 0 Å². The van der Waals surface area contributed by atoms with Crippen molar-refractivity contribution >= 4 is 34.7 Å². The normalized spacial score (nSPS) is 14.2. The number of halogens is 1. The minimum Gasteiger partial charge on any atom is -0.388 e. The Bertz CT molecular complexity index is 1370. The number of nitrogens with zero attached hydrogens (tertiary/aromatic N) is 1. The molecule has 3 aromatic carbocycles. The van der Waals surface area contributed by atoms with Crippen molar-refractivity contribution in [2.45, 2.75) is 31.5 Å². The second kappa shape index (κ2) is 12.5. The van der Waals surface area contributed by atoms with E-state index < -0.39 is 11.7 Å². The molecule has 0 saturated carbocycles. The van der Waals surface area contributed by atoms with E-state index in [4.69, 9.17) is 21.1 Å². The molecule has 4 rings (SSSR count). The van der Waals surface area contributed by atoms with E-state index in [1.807, 2.05) is 91.0 Å². The van der Waals surface area contributed by atoms with Crippen LogP contribution < -0.4 is 0 Å². The minimum atomic E-state index is -1.16. The molecule has 0 unspecified atom stereocenters. The van der Waals surface area contributed by atoms with Crippen LogP contribution in [0, 0.1) is 0 Å². The number of rotatable bonds is 11. The summed E-state index contributed by atoms with van der Waals surface area (Å²) < 4.78 is 10.3. The van der Waals surface area contributed by atoms with Crippen molar-refractivity contribution in [2.75, 3.05) is 20.5 Å². The molecule has 5 nitrogen and oxygen atoms in total. The van der Waals surface area contributed by atoms with Gasteiger partial charge in [-0.25, -0.2) is 4.98 Å². The molecular formula is C31H32ClNO4. The van der Waals surface area contributed by atoms with Crippen LogP contribution in [-0.2, 0) is 21.5 Å². The molecule has 0 amide bonds.